The number of piperazine rings is 1. The Kier molecular flexibility index (Phi) is 10.5. The zero-order chi connectivity index (χ0) is 29.1. The van der Waals surface area contributed by atoms with Gasteiger partial charge in [0.15, 0.2) is 0 Å². The van der Waals surface area contributed by atoms with Crippen LogP contribution in [0, 0.1) is 11.3 Å². The van der Waals surface area contributed by atoms with Crippen LogP contribution in [-0.2, 0) is 15.7 Å². The third kappa shape index (κ3) is 8.24. The fourth-order valence-electron chi connectivity index (χ4n) is 3.90. The molecule has 3 rings (SSSR count). The van der Waals surface area contributed by atoms with E-state index in [1.54, 1.807) is 29.1 Å². The van der Waals surface area contributed by atoms with E-state index in [1.807, 2.05) is 11.0 Å². The summed E-state index contributed by atoms with van der Waals surface area (Å²) in [5.41, 5.74) is -2.50. The van der Waals surface area contributed by atoms with Crippen molar-refractivity contribution in [3.05, 3.63) is 70.4 Å². The molecule has 40 heavy (non-hydrogen) atoms. The average molecular weight is 559 g/mol. The number of H-pyrrole nitrogens is 1. The second-order valence-electron chi connectivity index (χ2n) is 8.69. The molecule has 0 saturated carbocycles. The van der Waals surface area contributed by atoms with E-state index in [-0.39, 0.29) is 25.5 Å². The number of pyridine rings is 1. The van der Waals surface area contributed by atoms with Crippen molar-refractivity contribution >= 4 is 23.6 Å². The quantitative estimate of drug-likeness (QED) is 0.244. The number of alkyl halides is 3. The molecule has 2 aromatic rings. The molecule has 0 bridgehead atoms. The first-order valence-corrected chi connectivity index (χ1v) is 12.3. The Morgan fingerprint density at radius 2 is 2.08 bits per heavy atom. The number of nitrogens with one attached hydrogen (secondary N) is 2. The molecule has 2 aromatic heterocycles. The lowest BCUT2D eigenvalue weighted by Crippen LogP contribution is -2.49. The van der Waals surface area contributed by atoms with Crippen LogP contribution in [0.15, 0.2) is 58.7 Å². The van der Waals surface area contributed by atoms with Gasteiger partial charge in [-0.1, -0.05) is 6.58 Å². The van der Waals surface area contributed by atoms with Gasteiger partial charge < -0.3 is 19.9 Å². The van der Waals surface area contributed by atoms with Gasteiger partial charge in [-0.2, -0.15) is 23.5 Å². The third-order valence-corrected chi connectivity index (χ3v) is 6.02. The zero-order valence-corrected chi connectivity index (χ0v) is 21.8. The maximum absolute atomic E-state index is 13.5. The maximum atomic E-state index is 13.5. The van der Waals surface area contributed by atoms with Crippen molar-refractivity contribution in [1.29, 1.82) is 5.26 Å². The van der Waals surface area contributed by atoms with E-state index >= 15 is 0 Å². The van der Waals surface area contributed by atoms with Crippen LogP contribution in [0.3, 0.4) is 0 Å². The molecule has 212 valence electrons. The fourth-order valence-corrected chi connectivity index (χ4v) is 3.90. The Balaban J connectivity index is 1.55. The lowest BCUT2D eigenvalue weighted by atomic mass is 10.1. The normalized spacial score (nSPS) is 14.9. The molecule has 3 heterocycles. The smallest absolute Gasteiger partial charge is 0.378 e. The Morgan fingerprint density at radius 1 is 1.32 bits per heavy atom. The second kappa shape index (κ2) is 14.0. The molecule has 1 atom stereocenters. The number of hydrogen-bond acceptors (Lipinski definition) is 9. The van der Waals surface area contributed by atoms with E-state index in [9.17, 15) is 22.8 Å². The van der Waals surface area contributed by atoms with Crippen LogP contribution in [0.4, 0.5) is 24.7 Å². The predicted molar refractivity (Wildman–Crippen MR) is 143 cm³/mol. The summed E-state index contributed by atoms with van der Waals surface area (Å²) in [6.07, 6.45) is 1.98. The van der Waals surface area contributed by atoms with Crippen molar-refractivity contribution in [2.75, 3.05) is 49.6 Å². The molecular weight excluding hydrogens is 529 g/mol. The summed E-state index contributed by atoms with van der Waals surface area (Å²) >= 11 is 0. The van der Waals surface area contributed by atoms with Crippen LogP contribution in [-0.4, -0.2) is 77.6 Å². The van der Waals surface area contributed by atoms with Gasteiger partial charge in [-0.05, 0) is 30.7 Å². The van der Waals surface area contributed by atoms with Gasteiger partial charge in [0, 0.05) is 44.8 Å². The topological polar surface area (TPSA) is 140 Å². The highest BCUT2D eigenvalue weighted by Crippen LogP contribution is 2.32. The molecule has 0 spiro atoms. The lowest BCUT2D eigenvalue weighted by molar-refractivity contribution is -0.138. The minimum Gasteiger partial charge on any atom is -0.378 e. The minimum absolute atomic E-state index is 0.0261. The maximum Gasteiger partial charge on any atom is 0.423 e. The number of hydrogen-bond donors (Lipinski definition) is 2. The first kappa shape index (κ1) is 30.0. The SMILES string of the molecule is C=C(/C=C\N=CC)[C@H](COCCC(=O)N1CCN(c2ccc(C#N)cn2)CC1)Nc1cn[nH]c(=O)c1C(F)(F)F. The van der Waals surface area contributed by atoms with Crippen molar-refractivity contribution in [2.45, 2.75) is 25.6 Å². The van der Waals surface area contributed by atoms with Gasteiger partial charge in [0.05, 0.1) is 43.1 Å². The Hall–Kier alpha value is -4.51. The van der Waals surface area contributed by atoms with Crippen molar-refractivity contribution in [2.24, 2.45) is 4.99 Å². The molecule has 11 nitrogen and oxygen atoms in total. The van der Waals surface area contributed by atoms with Crippen molar-refractivity contribution in [1.82, 2.24) is 20.1 Å². The number of nitriles is 1. The number of ether oxygens (including phenoxy) is 1. The third-order valence-electron chi connectivity index (χ3n) is 6.02. The summed E-state index contributed by atoms with van der Waals surface area (Å²) < 4.78 is 46.1. The van der Waals surface area contributed by atoms with E-state index in [1.165, 1.54) is 24.7 Å². The minimum atomic E-state index is -4.92. The van der Waals surface area contributed by atoms with Gasteiger partial charge >= 0.3 is 6.18 Å². The fraction of sp³-hybridized carbons (Fsp3) is 0.385. The van der Waals surface area contributed by atoms with Crippen molar-refractivity contribution in [3.63, 3.8) is 0 Å². The van der Waals surface area contributed by atoms with Gasteiger partial charge in [-0.25, -0.2) is 10.1 Å². The summed E-state index contributed by atoms with van der Waals surface area (Å²) in [4.78, 5) is 36.5. The molecule has 14 heteroatoms. The van der Waals surface area contributed by atoms with E-state index in [0.29, 0.717) is 37.3 Å². The molecule has 2 N–H and O–H groups in total. The van der Waals surface area contributed by atoms with Crippen LogP contribution >= 0.6 is 0 Å². The van der Waals surface area contributed by atoms with Crippen LogP contribution in [0.2, 0.25) is 0 Å². The Morgan fingerprint density at radius 3 is 2.70 bits per heavy atom. The summed E-state index contributed by atoms with van der Waals surface area (Å²) in [7, 11) is 0. The molecule has 1 aliphatic rings. The van der Waals surface area contributed by atoms with E-state index in [0.717, 1.165) is 12.0 Å². The number of halogens is 3. The number of carbonyl (C=O) groups is 1. The molecule has 1 amide bonds. The summed E-state index contributed by atoms with van der Waals surface area (Å²) in [6, 6.07) is 4.62. The van der Waals surface area contributed by atoms with Gasteiger partial charge in [0.25, 0.3) is 5.56 Å². The molecular formula is C26H29F3N8O3. The van der Waals surface area contributed by atoms with E-state index in [4.69, 9.17) is 10.00 Å². The molecule has 0 radical (unpaired) electrons. The van der Waals surface area contributed by atoms with Gasteiger partial charge in [-0.15, -0.1) is 0 Å². The number of rotatable bonds is 11. The Labute approximate surface area is 228 Å². The molecule has 1 aliphatic heterocycles. The highest BCUT2D eigenvalue weighted by atomic mass is 19.4. The predicted octanol–water partition coefficient (Wildman–Crippen LogP) is 2.75. The molecule has 0 aliphatic carbocycles. The van der Waals surface area contributed by atoms with E-state index < -0.39 is 29.0 Å². The summed E-state index contributed by atoms with van der Waals surface area (Å²) in [6.45, 7) is 7.60. The number of carbonyl (C=O) groups excluding carboxylic acids is 1. The standard InChI is InChI=1S/C26H29F3N8O3/c1-3-31-8-6-18(2)21(34-20-16-33-35-25(39)24(20)26(27,28)29)17-40-13-7-23(38)37-11-9-36(10-12-37)22-5-4-19(14-30)15-32-22/h3-6,8,15-16,21H,2,7,9-13,17H2,1H3,(H2,34,35,39)/b8-6-,31-3?/t21-/m0/s1. The molecule has 1 saturated heterocycles. The molecule has 1 fully saturated rings. The summed E-state index contributed by atoms with van der Waals surface area (Å²) in [5, 5.41) is 16.8. The first-order valence-electron chi connectivity index (χ1n) is 12.3. The number of anilines is 2. The van der Waals surface area contributed by atoms with Gasteiger partial charge in [0.1, 0.15) is 17.5 Å². The highest BCUT2D eigenvalue weighted by molar-refractivity contribution is 5.76. The van der Waals surface area contributed by atoms with Crippen molar-refractivity contribution in [3.8, 4) is 6.07 Å². The number of nitrogens with zero attached hydrogens (tertiary/aromatic N) is 6. The number of amides is 1. The molecule has 0 unspecified atom stereocenters. The Bertz CT molecular complexity index is 1320. The van der Waals surface area contributed by atoms with Crippen LogP contribution in [0.5, 0.6) is 0 Å². The molecule has 0 aromatic carbocycles. The monoisotopic (exact) mass is 558 g/mol. The van der Waals surface area contributed by atoms with Gasteiger partial charge in [-0.3, -0.25) is 14.6 Å². The number of aromatic nitrogens is 3. The zero-order valence-electron chi connectivity index (χ0n) is 21.8. The van der Waals surface area contributed by atoms with E-state index in [2.05, 4.69) is 27.0 Å². The summed E-state index contributed by atoms with van der Waals surface area (Å²) in [5.74, 6) is 0.613. The van der Waals surface area contributed by atoms with Gasteiger partial charge in [0.2, 0.25) is 5.91 Å². The van der Waals surface area contributed by atoms with Crippen LogP contribution < -0.4 is 15.8 Å². The van der Waals surface area contributed by atoms with Crippen LogP contribution in [0.1, 0.15) is 24.5 Å². The average Bonchev–Trinajstić information content (AvgIpc) is 2.94. The van der Waals surface area contributed by atoms with Crippen molar-refractivity contribution < 1.29 is 22.7 Å². The second-order valence-corrected chi connectivity index (χ2v) is 8.69. The highest BCUT2D eigenvalue weighted by Gasteiger charge is 2.38. The largest absolute Gasteiger partial charge is 0.423 e. The lowest BCUT2D eigenvalue weighted by Gasteiger charge is -2.35. The first-order chi connectivity index (χ1) is 19.1. The number of aliphatic imine (C=N–C) groups is 1. The number of aromatic amines is 1. The van der Waals surface area contributed by atoms with Crippen LogP contribution in [0.25, 0.3) is 0 Å².